The van der Waals surface area contributed by atoms with Gasteiger partial charge in [-0.2, -0.15) is 0 Å². The van der Waals surface area contributed by atoms with Crippen LogP contribution in [0.1, 0.15) is 16.9 Å². The number of aryl methyl sites for hydroxylation is 1. The zero-order chi connectivity index (χ0) is 7.68. The maximum absolute atomic E-state index is 10.2. The number of rotatable bonds is 1. The first-order valence-corrected chi connectivity index (χ1v) is 4.51. The Balaban J connectivity index is 2.45. The number of fused-ring (bicyclic) bond motifs is 1. The predicted octanol–water partition coefficient (Wildman–Crippen LogP) is 2.28. The fourth-order valence-corrected chi connectivity index (χ4v) is 2.37. The highest BCUT2D eigenvalue weighted by atomic mass is 32.1. The van der Waals surface area contributed by atoms with Crippen molar-refractivity contribution in [1.29, 1.82) is 0 Å². The largest absolute Gasteiger partial charge is 0.299 e. The number of thiophene rings is 1. The summed E-state index contributed by atoms with van der Waals surface area (Å²) in [7, 11) is 0. The second kappa shape index (κ2) is 2.62. The molecule has 0 aromatic carbocycles. The molecule has 0 spiro atoms. The zero-order valence-electron chi connectivity index (χ0n) is 6.04. The Morgan fingerprint density at radius 2 is 2.36 bits per heavy atom. The Hall–Kier alpha value is -0.890. The van der Waals surface area contributed by atoms with Gasteiger partial charge in [0.1, 0.15) is 6.29 Å². The van der Waals surface area contributed by atoms with Gasteiger partial charge < -0.3 is 0 Å². The normalized spacial score (nSPS) is 18.7. The smallest absolute Gasteiger partial charge is 0.143 e. The van der Waals surface area contributed by atoms with E-state index in [1.54, 1.807) is 17.4 Å². The third kappa shape index (κ3) is 1.03. The lowest BCUT2D eigenvalue weighted by atomic mass is 10.1. The topological polar surface area (TPSA) is 17.1 Å². The van der Waals surface area contributed by atoms with Crippen LogP contribution < -0.4 is 0 Å². The molecule has 0 fully saturated rings. The third-order valence-corrected chi connectivity index (χ3v) is 2.96. The Morgan fingerprint density at radius 3 is 3.18 bits per heavy atom. The molecule has 56 valence electrons. The van der Waals surface area contributed by atoms with Gasteiger partial charge >= 0.3 is 0 Å². The first-order chi connectivity index (χ1) is 5.42. The highest BCUT2D eigenvalue weighted by molar-refractivity contribution is 7.10. The van der Waals surface area contributed by atoms with E-state index in [-0.39, 0.29) is 0 Å². The minimum atomic E-state index is 0.877. The van der Waals surface area contributed by atoms with Crippen LogP contribution in [0.2, 0.25) is 0 Å². The van der Waals surface area contributed by atoms with E-state index in [9.17, 15) is 4.79 Å². The van der Waals surface area contributed by atoms with Gasteiger partial charge in [-0.1, -0.05) is 0 Å². The van der Waals surface area contributed by atoms with Crippen LogP contribution in [-0.4, -0.2) is 6.29 Å². The lowest BCUT2D eigenvalue weighted by Crippen LogP contribution is -1.73. The van der Waals surface area contributed by atoms with Crippen molar-refractivity contribution in [2.24, 2.45) is 0 Å². The Labute approximate surface area is 69.4 Å². The van der Waals surface area contributed by atoms with Gasteiger partial charge in [0.2, 0.25) is 0 Å². The highest BCUT2D eigenvalue weighted by Crippen LogP contribution is 2.35. The standard InChI is InChI=1S/C9H8OS/c10-5-3-7-1-2-9-8(7)4-6-11-9/h3-6H,1-2H2/b7-3+. The molecule has 1 aliphatic rings. The van der Waals surface area contributed by atoms with E-state index in [1.807, 2.05) is 0 Å². The van der Waals surface area contributed by atoms with E-state index in [1.165, 1.54) is 16.0 Å². The fourth-order valence-electron chi connectivity index (χ4n) is 1.46. The summed E-state index contributed by atoms with van der Waals surface area (Å²) in [5, 5.41) is 2.09. The van der Waals surface area contributed by atoms with Crippen molar-refractivity contribution < 1.29 is 4.79 Å². The summed E-state index contributed by atoms with van der Waals surface area (Å²) in [4.78, 5) is 11.6. The number of allylic oxidation sites excluding steroid dienone is 2. The van der Waals surface area contributed by atoms with E-state index in [2.05, 4.69) is 11.4 Å². The molecule has 1 nitrogen and oxygen atoms in total. The molecule has 2 heteroatoms. The molecule has 1 aliphatic carbocycles. The van der Waals surface area contributed by atoms with Gasteiger partial charge in [-0.25, -0.2) is 0 Å². The summed E-state index contributed by atoms with van der Waals surface area (Å²) < 4.78 is 0. The molecule has 0 saturated heterocycles. The van der Waals surface area contributed by atoms with E-state index in [0.717, 1.165) is 19.1 Å². The van der Waals surface area contributed by atoms with E-state index in [0.29, 0.717) is 0 Å². The molecule has 0 saturated carbocycles. The molecular weight excluding hydrogens is 156 g/mol. The molecule has 1 aromatic rings. The summed E-state index contributed by atoms with van der Waals surface area (Å²) in [6, 6.07) is 2.10. The first kappa shape index (κ1) is 6.80. The second-order valence-corrected chi connectivity index (χ2v) is 3.59. The zero-order valence-corrected chi connectivity index (χ0v) is 6.86. The van der Waals surface area contributed by atoms with Crippen molar-refractivity contribution in [3.05, 3.63) is 28.0 Å². The third-order valence-electron chi connectivity index (χ3n) is 1.98. The number of carbonyl (C=O) groups excluding carboxylic acids is 1. The van der Waals surface area contributed by atoms with Gasteiger partial charge in [0.15, 0.2) is 0 Å². The summed E-state index contributed by atoms with van der Waals surface area (Å²) in [6.45, 7) is 0. The van der Waals surface area contributed by atoms with Gasteiger partial charge in [-0.15, -0.1) is 11.3 Å². The number of hydrogen-bond donors (Lipinski definition) is 0. The monoisotopic (exact) mass is 164 g/mol. The predicted molar refractivity (Wildman–Crippen MR) is 46.7 cm³/mol. The maximum atomic E-state index is 10.2. The Kier molecular flexibility index (Phi) is 1.62. The molecule has 1 aromatic heterocycles. The average molecular weight is 164 g/mol. The Bertz CT molecular complexity index is 309. The van der Waals surface area contributed by atoms with Gasteiger partial charge in [-0.05, 0) is 41.5 Å². The molecule has 0 bridgehead atoms. The maximum Gasteiger partial charge on any atom is 0.143 e. The molecule has 0 amide bonds. The molecule has 2 rings (SSSR count). The number of aldehydes is 1. The van der Waals surface area contributed by atoms with Crippen LogP contribution >= 0.6 is 11.3 Å². The minimum absolute atomic E-state index is 0.877. The quantitative estimate of drug-likeness (QED) is 0.459. The van der Waals surface area contributed by atoms with Gasteiger partial charge in [-0.3, -0.25) is 4.79 Å². The number of hydrogen-bond acceptors (Lipinski definition) is 2. The van der Waals surface area contributed by atoms with E-state index < -0.39 is 0 Å². The minimum Gasteiger partial charge on any atom is -0.299 e. The van der Waals surface area contributed by atoms with Crippen LogP contribution in [-0.2, 0) is 11.2 Å². The fraction of sp³-hybridized carbons (Fsp3) is 0.222. The molecule has 0 atom stereocenters. The lowest BCUT2D eigenvalue weighted by Gasteiger charge is -1.90. The van der Waals surface area contributed by atoms with Crippen molar-refractivity contribution in [3.63, 3.8) is 0 Å². The molecule has 11 heavy (non-hydrogen) atoms. The van der Waals surface area contributed by atoms with Crippen molar-refractivity contribution in [1.82, 2.24) is 0 Å². The summed E-state index contributed by atoms with van der Waals surface area (Å²) in [6.07, 6.45) is 4.72. The van der Waals surface area contributed by atoms with Crippen molar-refractivity contribution in [2.75, 3.05) is 0 Å². The van der Waals surface area contributed by atoms with Gasteiger partial charge in [0.05, 0.1) is 0 Å². The molecular formula is C9H8OS. The first-order valence-electron chi connectivity index (χ1n) is 3.63. The van der Waals surface area contributed by atoms with Gasteiger partial charge in [0.25, 0.3) is 0 Å². The van der Waals surface area contributed by atoms with Crippen molar-refractivity contribution in [2.45, 2.75) is 12.8 Å². The summed E-state index contributed by atoms with van der Waals surface area (Å²) in [5.74, 6) is 0. The second-order valence-electron chi connectivity index (χ2n) is 2.59. The lowest BCUT2D eigenvalue weighted by molar-refractivity contribution is -0.104. The Morgan fingerprint density at radius 1 is 1.45 bits per heavy atom. The number of carbonyl (C=O) groups is 1. The molecule has 0 N–H and O–H groups in total. The average Bonchev–Trinajstić information content (AvgIpc) is 2.53. The van der Waals surface area contributed by atoms with Crippen LogP contribution in [0.15, 0.2) is 17.5 Å². The molecule has 0 aliphatic heterocycles. The van der Waals surface area contributed by atoms with E-state index >= 15 is 0 Å². The SMILES string of the molecule is O=C/C=C1\CCc2sccc21. The summed E-state index contributed by atoms with van der Waals surface area (Å²) in [5.41, 5.74) is 2.50. The highest BCUT2D eigenvalue weighted by Gasteiger charge is 2.15. The molecule has 0 radical (unpaired) electrons. The van der Waals surface area contributed by atoms with Crippen LogP contribution in [0.3, 0.4) is 0 Å². The van der Waals surface area contributed by atoms with Crippen LogP contribution in [0.25, 0.3) is 5.57 Å². The van der Waals surface area contributed by atoms with E-state index in [4.69, 9.17) is 0 Å². The van der Waals surface area contributed by atoms with Crippen LogP contribution in [0.4, 0.5) is 0 Å². The van der Waals surface area contributed by atoms with Crippen LogP contribution in [0.5, 0.6) is 0 Å². The van der Waals surface area contributed by atoms with Crippen molar-refractivity contribution >= 4 is 23.2 Å². The molecule has 1 heterocycles. The molecule has 0 unspecified atom stereocenters. The van der Waals surface area contributed by atoms with Gasteiger partial charge in [0, 0.05) is 4.88 Å². The van der Waals surface area contributed by atoms with Crippen molar-refractivity contribution in [3.8, 4) is 0 Å². The summed E-state index contributed by atoms with van der Waals surface area (Å²) >= 11 is 1.78. The van der Waals surface area contributed by atoms with Crippen LogP contribution in [0, 0.1) is 0 Å².